The third kappa shape index (κ3) is 4.13. The van der Waals surface area contributed by atoms with Gasteiger partial charge in [0.15, 0.2) is 6.61 Å². The standard InChI is InChI=1S/C21H25NO3/c1-3-14-24-17-9-11-18(12-10-17)25-15-21(23)22(2)20-13-8-16-6-4-5-7-19(16)20/h4-7,9-12,20H,3,8,13-15H2,1-2H3. The highest BCUT2D eigenvalue weighted by Gasteiger charge is 2.28. The molecule has 0 saturated carbocycles. The second-order valence-corrected chi connectivity index (χ2v) is 6.37. The zero-order valence-corrected chi connectivity index (χ0v) is 14.9. The lowest BCUT2D eigenvalue weighted by molar-refractivity contribution is -0.134. The third-order valence-electron chi connectivity index (χ3n) is 4.62. The van der Waals surface area contributed by atoms with Gasteiger partial charge in [0, 0.05) is 7.05 Å². The quantitative estimate of drug-likeness (QED) is 0.765. The van der Waals surface area contributed by atoms with Gasteiger partial charge >= 0.3 is 0 Å². The lowest BCUT2D eigenvalue weighted by Gasteiger charge is -2.25. The molecular formula is C21H25NO3. The first kappa shape index (κ1) is 17.3. The van der Waals surface area contributed by atoms with Crippen molar-refractivity contribution in [3.05, 3.63) is 59.7 Å². The number of ether oxygens (including phenoxy) is 2. The Morgan fingerprint density at radius 3 is 2.48 bits per heavy atom. The zero-order chi connectivity index (χ0) is 17.6. The number of rotatable bonds is 7. The Bertz CT molecular complexity index is 711. The minimum absolute atomic E-state index is 0.00647. The maximum absolute atomic E-state index is 12.5. The van der Waals surface area contributed by atoms with E-state index in [0.717, 1.165) is 25.0 Å². The summed E-state index contributed by atoms with van der Waals surface area (Å²) in [5.41, 5.74) is 2.60. The monoisotopic (exact) mass is 339 g/mol. The van der Waals surface area contributed by atoms with Crippen LogP contribution in [-0.4, -0.2) is 31.1 Å². The van der Waals surface area contributed by atoms with Gasteiger partial charge in [-0.3, -0.25) is 4.79 Å². The number of aryl methyl sites for hydroxylation is 1. The van der Waals surface area contributed by atoms with Crippen LogP contribution in [0.3, 0.4) is 0 Å². The van der Waals surface area contributed by atoms with E-state index >= 15 is 0 Å². The smallest absolute Gasteiger partial charge is 0.260 e. The molecule has 1 amide bonds. The van der Waals surface area contributed by atoms with Crippen LogP contribution in [0.5, 0.6) is 11.5 Å². The highest BCUT2D eigenvalue weighted by Crippen LogP contribution is 2.34. The van der Waals surface area contributed by atoms with E-state index in [2.05, 4.69) is 25.1 Å². The highest BCUT2D eigenvalue weighted by atomic mass is 16.5. The normalized spacial score (nSPS) is 15.5. The molecule has 132 valence electrons. The van der Waals surface area contributed by atoms with Gasteiger partial charge in [0.05, 0.1) is 12.6 Å². The molecule has 1 atom stereocenters. The van der Waals surface area contributed by atoms with Crippen molar-refractivity contribution in [3.8, 4) is 11.5 Å². The van der Waals surface area contributed by atoms with Gasteiger partial charge in [-0.05, 0) is 54.7 Å². The minimum atomic E-state index is -0.00647. The number of benzene rings is 2. The number of nitrogens with zero attached hydrogens (tertiary/aromatic N) is 1. The number of hydrogen-bond donors (Lipinski definition) is 0. The SMILES string of the molecule is CCCOc1ccc(OCC(=O)N(C)C2CCc3ccccc32)cc1. The van der Waals surface area contributed by atoms with Crippen LogP contribution >= 0.6 is 0 Å². The predicted octanol–water partition coefficient (Wildman–Crippen LogP) is 4.00. The van der Waals surface area contributed by atoms with Gasteiger partial charge in [-0.15, -0.1) is 0 Å². The fourth-order valence-electron chi connectivity index (χ4n) is 3.21. The summed E-state index contributed by atoms with van der Waals surface area (Å²) >= 11 is 0. The molecule has 0 aromatic heterocycles. The number of hydrogen-bond acceptors (Lipinski definition) is 3. The molecule has 4 nitrogen and oxygen atoms in total. The first-order valence-corrected chi connectivity index (χ1v) is 8.88. The summed E-state index contributed by atoms with van der Waals surface area (Å²) < 4.78 is 11.2. The summed E-state index contributed by atoms with van der Waals surface area (Å²) in [4.78, 5) is 14.3. The number of carbonyl (C=O) groups is 1. The van der Waals surface area contributed by atoms with Crippen molar-refractivity contribution >= 4 is 5.91 Å². The van der Waals surface area contributed by atoms with E-state index in [9.17, 15) is 4.79 Å². The third-order valence-corrected chi connectivity index (χ3v) is 4.62. The zero-order valence-electron chi connectivity index (χ0n) is 14.9. The summed E-state index contributed by atoms with van der Waals surface area (Å²) in [6.45, 7) is 2.82. The van der Waals surface area contributed by atoms with Crippen LogP contribution in [0.2, 0.25) is 0 Å². The molecule has 25 heavy (non-hydrogen) atoms. The Labute approximate surface area is 149 Å². The van der Waals surface area contributed by atoms with Crippen molar-refractivity contribution in [1.82, 2.24) is 4.90 Å². The Balaban J connectivity index is 1.54. The fraction of sp³-hybridized carbons (Fsp3) is 0.381. The molecule has 0 bridgehead atoms. The molecule has 2 aromatic carbocycles. The van der Waals surface area contributed by atoms with Crippen LogP contribution in [0.1, 0.15) is 36.9 Å². The van der Waals surface area contributed by atoms with Crippen LogP contribution in [0.25, 0.3) is 0 Å². The van der Waals surface area contributed by atoms with Gasteiger partial charge in [0.25, 0.3) is 5.91 Å². The first-order chi connectivity index (χ1) is 12.2. The van der Waals surface area contributed by atoms with E-state index in [1.165, 1.54) is 11.1 Å². The van der Waals surface area contributed by atoms with E-state index < -0.39 is 0 Å². The molecule has 1 aliphatic carbocycles. The Kier molecular flexibility index (Phi) is 5.59. The maximum atomic E-state index is 12.5. The molecule has 0 spiro atoms. The largest absolute Gasteiger partial charge is 0.494 e. The van der Waals surface area contributed by atoms with Gasteiger partial charge in [0.1, 0.15) is 11.5 Å². The Morgan fingerprint density at radius 2 is 1.76 bits per heavy atom. The van der Waals surface area contributed by atoms with Crippen molar-refractivity contribution in [2.45, 2.75) is 32.2 Å². The summed E-state index contributed by atoms with van der Waals surface area (Å²) in [6, 6.07) is 15.9. The van der Waals surface area contributed by atoms with E-state index in [-0.39, 0.29) is 18.6 Å². The molecule has 0 radical (unpaired) electrons. The van der Waals surface area contributed by atoms with Crippen molar-refractivity contribution in [2.24, 2.45) is 0 Å². The van der Waals surface area contributed by atoms with Crippen molar-refractivity contribution in [1.29, 1.82) is 0 Å². The number of carbonyl (C=O) groups excluding carboxylic acids is 1. The van der Waals surface area contributed by atoms with Crippen molar-refractivity contribution < 1.29 is 14.3 Å². The van der Waals surface area contributed by atoms with E-state index in [0.29, 0.717) is 12.4 Å². The molecule has 0 N–H and O–H groups in total. The van der Waals surface area contributed by atoms with Crippen LogP contribution in [-0.2, 0) is 11.2 Å². The topological polar surface area (TPSA) is 38.8 Å². The van der Waals surface area contributed by atoms with Crippen LogP contribution in [0.15, 0.2) is 48.5 Å². The lowest BCUT2D eigenvalue weighted by Crippen LogP contribution is -2.34. The maximum Gasteiger partial charge on any atom is 0.260 e. The van der Waals surface area contributed by atoms with E-state index in [1.807, 2.05) is 42.3 Å². The molecular weight excluding hydrogens is 314 g/mol. The second-order valence-electron chi connectivity index (χ2n) is 6.37. The molecule has 2 aromatic rings. The molecule has 0 aliphatic heterocycles. The molecule has 0 saturated heterocycles. The Morgan fingerprint density at radius 1 is 1.08 bits per heavy atom. The number of fused-ring (bicyclic) bond motifs is 1. The lowest BCUT2D eigenvalue weighted by atomic mass is 10.1. The van der Waals surface area contributed by atoms with Crippen LogP contribution < -0.4 is 9.47 Å². The van der Waals surface area contributed by atoms with Gasteiger partial charge in [-0.2, -0.15) is 0 Å². The summed E-state index contributed by atoms with van der Waals surface area (Å²) in [6.07, 6.45) is 2.98. The first-order valence-electron chi connectivity index (χ1n) is 8.88. The van der Waals surface area contributed by atoms with Gasteiger partial charge in [0.2, 0.25) is 0 Å². The van der Waals surface area contributed by atoms with Crippen LogP contribution in [0.4, 0.5) is 0 Å². The van der Waals surface area contributed by atoms with Crippen molar-refractivity contribution in [2.75, 3.05) is 20.3 Å². The second kappa shape index (κ2) is 8.06. The van der Waals surface area contributed by atoms with Gasteiger partial charge in [-0.1, -0.05) is 31.2 Å². The molecule has 0 fully saturated rings. The Hall–Kier alpha value is -2.49. The average molecular weight is 339 g/mol. The predicted molar refractivity (Wildman–Crippen MR) is 98.0 cm³/mol. The summed E-state index contributed by atoms with van der Waals surface area (Å²) in [5.74, 6) is 1.49. The highest BCUT2D eigenvalue weighted by molar-refractivity contribution is 5.78. The summed E-state index contributed by atoms with van der Waals surface area (Å²) in [7, 11) is 1.86. The van der Waals surface area contributed by atoms with E-state index in [1.54, 1.807) is 0 Å². The summed E-state index contributed by atoms with van der Waals surface area (Å²) in [5, 5.41) is 0. The fourth-order valence-corrected chi connectivity index (χ4v) is 3.21. The molecule has 1 unspecified atom stereocenters. The number of likely N-dealkylation sites (N-methyl/N-ethyl adjacent to an activating group) is 1. The van der Waals surface area contributed by atoms with Crippen molar-refractivity contribution in [3.63, 3.8) is 0 Å². The molecule has 0 heterocycles. The molecule has 3 rings (SSSR count). The number of amides is 1. The van der Waals surface area contributed by atoms with Gasteiger partial charge < -0.3 is 14.4 Å². The van der Waals surface area contributed by atoms with E-state index in [4.69, 9.17) is 9.47 Å². The molecule has 1 aliphatic rings. The van der Waals surface area contributed by atoms with Crippen LogP contribution in [0, 0.1) is 0 Å². The van der Waals surface area contributed by atoms with Gasteiger partial charge in [-0.25, -0.2) is 0 Å². The molecule has 4 heteroatoms. The minimum Gasteiger partial charge on any atom is -0.494 e. The average Bonchev–Trinajstić information content (AvgIpc) is 3.08.